The summed E-state index contributed by atoms with van der Waals surface area (Å²) >= 11 is 0. The van der Waals surface area contributed by atoms with Crippen LogP contribution in [0.4, 0.5) is 11.4 Å². The van der Waals surface area contributed by atoms with E-state index >= 15 is 0 Å². The van der Waals surface area contributed by atoms with E-state index in [-0.39, 0.29) is 23.3 Å². The van der Waals surface area contributed by atoms with Crippen LogP contribution in [0.15, 0.2) is 77.7 Å². The van der Waals surface area contributed by atoms with Gasteiger partial charge in [-0.3, -0.25) is 19.4 Å². The zero-order chi connectivity index (χ0) is 33.1. The number of amides is 2. The molecule has 244 valence electrons. The van der Waals surface area contributed by atoms with Crippen molar-refractivity contribution in [3.05, 3.63) is 106 Å². The van der Waals surface area contributed by atoms with Gasteiger partial charge < -0.3 is 33.9 Å². The normalized spacial score (nSPS) is 16.6. The van der Waals surface area contributed by atoms with Crippen LogP contribution in [0.5, 0.6) is 17.2 Å². The number of likely N-dealkylation sites (N-methyl/N-ethyl adjacent to an activating group) is 1. The molecule has 4 heterocycles. The lowest BCUT2D eigenvalue weighted by molar-refractivity contribution is 0.0796. The zero-order valence-corrected chi connectivity index (χ0v) is 27.1. The number of ether oxygens (including phenoxy) is 3. The van der Waals surface area contributed by atoms with Crippen molar-refractivity contribution in [1.82, 2.24) is 14.5 Å². The van der Waals surface area contributed by atoms with Gasteiger partial charge in [-0.2, -0.15) is 0 Å². The predicted octanol–water partition coefficient (Wildman–Crippen LogP) is 4.46. The molecular weight excluding hydrogens is 598 g/mol. The van der Waals surface area contributed by atoms with Crippen LogP contribution in [0.2, 0.25) is 0 Å². The number of rotatable bonds is 10. The highest BCUT2D eigenvalue weighted by Crippen LogP contribution is 2.41. The monoisotopic (exact) mass is 637 g/mol. The second-order valence-corrected chi connectivity index (χ2v) is 12.0. The van der Waals surface area contributed by atoms with Crippen LogP contribution in [0.25, 0.3) is 0 Å². The van der Waals surface area contributed by atoms with Gasteiger partial charge in [0.25, 0.3) is 17.4 Å². The summed E-state index contributed by atoms with van der Waals surface area (Å²) in [6.07, 6.45) is 3.35. The quantitative estimate of drug-likeness (QED) is 0.271. The fourth-order valence-corrected chi connectivity index (χ4v) is 6.69. The molecule has 2 aliphatic rings. The second-order valence-electron chi connectivity index (χ2n) is 12.0. The van der Waals surface area contributed by atoms with Crippen LogP contribution in [-0.4, -0.2) is 74.3 Å². The first-order chi connectivity index (χ1) is 22.8. The maximum atomic E-state index is 13.8. The van der Waals surface area contributed by atoms with Crippen LogP contribution < -0.4 is 30.0 Å². The Morgan fingerprint density at radius 2 is 1.70 bits per heavy atom. The highest BCUT2D eigenvalue weighted by molar-refractivity contribution is 6.08. The average molecular weight is 638 g/mol. The van der Waals surface area contributed by atoms with E-state index in [1.807, 2.05) is 47.0 Å². The average Bonchev–Trinajstić information content (AvgIpc) is 3.10. The third kappa shape index (κ3) is 6.51. The molecule has 0 saturated carbocycles. The lowest BCUT2D eigenvalue weighted by atomic mass is 9.83. The number of benzene rings is 2. The summed E-state index contributed by atoms with van der Waals surface area (Å²) < 4.78 is 18.3. The van der Waals surface area contributed by atoms with Crippen LogP contribution in [0, 0.1) is 5.92 Å². The number of anilines is 2. The zero-order valence-electron chi connectivity index (χ0n) is 27.1. The number of hydrogen-bond donors (Lipinski definition) is 1. The number of methoxy groups -OCH3 is 3. The number of aromatic nitrogens is 2. The molecule has 0 spiro atoms. The lowest BCUT2D eigenvalue weighted by Gasteiger charge is -2.44. The molecule has 0 aliphatic carbocycles. The standard InChI is InChI=1S/C36H39N5O6/c1-39(15-13-27-8-5-6-14-37-27)36(44)24-11-12-30(40-20-23-16-26(22-40)29-9-7-10-33(42)41(29)21-23)28(17-24)38-35(43)25-18-31(45-2)34(47-4)32(19-25)46-3/h5-12,14,17-19,23,26H,13,15-16,20-22H2,1-4H3,(H,38,43). The highest BCUT2D eigenvalue weighted by atomic mass is 16.5. The van der Waals surface area contributed by atoms with E-state index in [0.717, 1.165) is 23.5 Å². The second kappa shape index (κ2) is 13.6. The number of carbonyl (C=O) groups excluding carboxylic acids is 2. The summed E-state index contributed by atoms with van der Waals surface area (Å²) in [7, 11) is 6.26. The van der Waals surface area contributed by atoms with Gasteiger partial charge in [-0.1, -0.05) is 12.1 Å². The van der Waals surface area contributed by atoms with Gasteiger partial charge in [0.05, 0.1) is 32.7 Å². The molecule has 2 aromatic heterocycles. The van der Waals surface area contributed by atoms with Gasteiger partial charge >= 0.3 is 0 Å². The number of nitrogens with one attached hydrogen (secondary N) is 1. The predicted molar refractivity (Wildman–Crippen MR) is 179 cm³/mol. The summed E-state index contributed by atoms with van der Waals surface area (Å²) in [5, 5.41) is 3.08. The van der Waals surface area contributed by atoms with Crippen molar-refractivity contribution in [2.45, 2.75) is 25.3 Å². The molecule has 2 atom stereocenters. The Hall–Kier alpha value is -5.32. The number of pyridine rings is 2. The van der Waals surface area contributed by atoms with Crippen molar-refractivity contribution in [2.75, 3.05) is 58.2 Å². The molecule has 2 amide bonds. The highest BCUT2D eigenvalue weighted by Gasteiger charge is 2.35. The first-order valence-electron chi connectivity index (χ1n) is 15.6. The topological polar surface area (TPSA) is 115 Å². The van der Waals surface area contributed by atoms with Crippen molar-refractivity contribution in [1.29, 1.82) is 0 Å². The van der Waals surface area contributed by atoms with Gasteiger partial charge in [0.15, 0.2) is 11.5 Å². The maximum Gasteiger partial charge on any atom is 0.255 e. The molecule has 1 N–H and O–H groups in total. The molecule has 4 aromatic rings. The number of fused-ring (bicyclic) bond motifs is 4. The third-order valence-electron chi connectivity index (χ3n) is 9.02. The van der Waals surface area contributed by atoms with Crippen LogP contribution >= 0.6 is 0 Å². The molecule has 47 heavy (non-hydrogen) atoms. The van der Waals surface area contributed by atoms with E-state index < -0.39 is 5.91 Å². The summed E-state index contributed by atoms with van der Waals surface area (Å²) in [4.78, 5) is 48.4. The van der Waals surface area contributed by atoms with Gasteiger partial charge in [0.1, 0.15) is 0 Å². The van der Waals surface area contributed by atoms with E-state index in [1.165, 1.54) is 21.3 Å². The van der Waals surface area contributed by atoms with E-state index in [2.05, 4.69) is 15.2 Å². The Morgan fingerprint density at radius 1 is 0.915 bits per heavy atom. The minimum Gasteiger partial charge on any atom is -0.493 e. The molecule has 2 aromatic carbocycles. The molecule has 11 heteroatoms. The molecule has 2 aliphatic heterocycles. The molecule has 1 fully saturated rings. The van der Waals surface area contributed by atoms with Crippen LogP contribution in [0.3, 0.4) is 0 Å². The molecule has 2 unspecified atom stereocenters. The molecular formula is C36H39N5O6. The summed E-state index contributed by atoms with van der Waals surface area (Å²) in [5.74, 6) is 0.954. The van der Waals surface area contributed by atoms with Gasteiger partial charge in [-0.15, -0.1) is 0 Å². The summed E-state index contributed by atoms with van der Waals surface area (Å²) in [5.41, 5.74) is 4.03. The SMILES string of the molecule is COc1cc(C(=O)Nc2cc(C(=O)N(C)CCc3ccccn3)ccc2N2CC3CC(C2)c2cccc(=O)n2C3)cc(OC)c1OC. The minimum atomic E-state index is -0.396. The Kier molecular flexibility index (Phi) is 9.15. The first-order valence-corrected chi connectivity index (χ1v) is 15.6. The first kappa shape index (κ1) is 31.7. The number of hydrogen-bond acceptors (Lipinski definition) is 8. The van der Waals surface area contributed by atoms with E-state index in [1.54, 1.807) is 42.4 Å². The van der Waals surface area contributed by atoms with Gasteiger partial charge in [-0.25, -0.2) is 0 Å². The van der Waals surface area contributed by atoms with Crippen LogP contribution in [-0.2, 0) is 13.0 Å². The van der Waals surface area contributed by atoms with E-state index in [9.17, 15) is 14.4 Å². The Bertz CT molecular complexity index is 1820. The van der Waals surface area contributed by atoms with Crippen molar-refractivity contribution in [3.8, 4) is 17.2 Å². The van der Waals surface area contributed by atoms with Crippen molar-refractivity contribution in [2.24, 2.45) is 5.92 Å². The maximum absolute atomic E-state index is 13.8. The van der Waals surface area contributed by atoms with Crippen molar-refractivity contribution in [3.63, 3.8) is 0 Å². The Balaban J connectivity index is 1.32. The fraction of sp³-hybridized carbons (Fsp3) is 0.333. The minimum absolute atomic E-state index is 0.0268. The van der Waals surface area contributed by atoms with Crippen molar-refractivity contribution >= 4 is 23.2 Å². The number of carbonyl (C=O) groups is 2. The van der Waals surface area contributed by atoms with E-state index in [0.29, 0.717) is 66.7 Å². The number of nitrogens with zero attached hydrogens (tertiary/aromatic N) is 4. The summed E-state index contributed by atoms with van der Waals surface area (Å²) in [6.45, 7) is 2.51. The molecule has 6 rings (SSSR count). The largest absolute Gasteiger partial charge is 0.493 e. The fourth-order valence-electron chi connectivity index (χ4n) is 6.69. The molecule has 11 nitrogen and oxygen atoms in total. The van der Waals surface area contributed by atoms with E-state index in [4.69, 9.17) is 14.2 Å². The number of piperidine rings is 1. The van der Waals surface area contributed by atoms with Gasteiger partial charge in [0.2, 0.25) is 5.75 Å². The van der Waals surface area contributed by atoms with Crippen LogP contribution in [0.1, 0.15) is 44.4 Å². The Labute approximate surface area is 273 Å². The van der Waals surface area contributed by atoms with Gasteiger partial charge in [0, 0.05) is 80.3 Å². The smallest absolute Gasteiger partial charge is 0.255 e. The van der Waals surface area contributed by atoms with Crippen molar-refractivity contribution < 1.29 is 23.8 Å². The molecule has 2 bridgehead atoms. The Morgan fingerprint density at radius 3 is 2.40 bits per heavy atom. The molecule has 1 saturated heterocycles. The molecule has 0 radical (unpaired) electrons. The van der Waals surface area contributed by atoms with Gasteiger partial charge in [-0.05, 0) is 60.9 Å². The summed E-state index contributed by atoms with van der Waals surface area (Å²) in [6, 6.07) is 19.8. The third-order valence-corrected chi connectivity index (χ3v) is 9.02. The lowest BCUT2D eigenvalue weighted by Crippen LogP contribution is -2.47.